The fourth-order valence-corrected chi connectivity index (χ4v) is 0.797. The van der Waals surface area contributed by atoms with Crippen molar-refractivity contribution in [2.45, 2.75) is 12.5 Å². The van der Waals surface area contributed by atoms with Gasteiger partial charge in [-0.3, -0.25) is 4.57 Å². The van der Waals surface area contributed by atoms with Crippen molar-refractivity contribution in [1.82, 2.24) is 0 Å². The van der Waals surface area contributed by atoms with Crippen molar-refractivity contribution in [3.05, 3.63) is 0 Å². The summed E-state index contributed by atoms with van der Waals surface area (Å²) in [7, 11) is -1.99. The third-order valence-electron chi connectivity index (χ3n) is 1.29. The van der Waals surface area contributed by atoms with Crippen LogP contribution in [0.25, 0.3) is 0 Å². The van der Waals surface area contributed by atoms with Crippen molar-refractivity contribution in [3.63, 3.8) is 0 Å². The van der Waals surface area contributed by atoms with Crippen LogP contribution in [0.1, 0.15) is 6.92 Å². The van der Waals surface area contributed by atoms with E-state index in [4.69, 9.17) is 9.79 Å². The highest BCUT2D eigenvalue weighted by molar-refractivity contribution is 7.53. The van der Waals surface area contributed by atoms with E-state index < -0.39 is 13.1 Å². The summed E-state index contributed by atoms with van der Waals surface area (Å²) in [6.45, 7) is 1.17. The van der Waals surface area contributed by atoms with Crippen LogP contribution in [-0.2, 0) is 14.0 Å². The van der Waals surface area contributed by atoms with Gasteiger partial charge in [-0.2, -0.15) is 0 Å². The van der Waals surface area contributed by atoms with Gasteiger partial charge in [0.2, 0.25) is 0 Å². The summed E-state index contributed by atoms with van der Waals surface area (Å²) >= 11 is 0. The van der Waals surface area contributed by atoms with E-state index in [1.54, 1.807) is 0 Å². The van der Waals surface area contributed by atoms with Gasteiger partial charge in [-0.15, -0.1) is 0 Å². The Kier molecular flexibility index (Phi) is 3.00. The van der Waals surface area contributed by atoms with Gasteiger partial charge in [0.05, 0.1) is 0 Å². The topological polar surface area (TPSA) is 76.0 Å². The van der Waals surface area contributed by atoms with E-state index in [-0.39, 0.29) is 0 Å². The van der Waals surface area contributed by atoms with Gasteiger partial charge in [0, 0.05) is 21.1 Å². The van der Waals surface area contributed by atoms with Crippen molar-refractivity contribution in [2.75, 3.05) is 14.2 Å². The molecule has 0 atom stereocenters. The number of hydrogen-bond donors (Lipinski definition) is 2. The van der Waals surface area contributed by atoms with Crippen molar-refractivity contribution in [1.29, 1.82) is 0 Å². The maximum Gasteiger partial charge on any atom is 0.384 e. The average Bonchev–Trinajstić information content (AvgIpc) is 1.84. The number of methoxy groups -OCH3 is 2. The van der Waals surface area contributed by atoms with Crippen molar-refractivity contribution < 1.29 is 23.8 Å². The largest absolute Gasteiger partial charge is 0.384 e. The molecule has 0 unspecified atom stereocenters. The van der Waals surface area contributed by atoms with Gasteiger partial charge < -0.3 is 19.3 Å². The molecule has 0 radical (unpaired) electrons. The summed E-state index contributed by atoms with van der Waals surface area (Å²) in [5.74, 6) is 0. The molecule has 0 aromatic rings. The Morgan fingerprint density at radius 2 is 1.60 bits per heavy atom. The first kappa shape index (κ1) is 10.1. The SMILES string of the molecule is COC(C)(OC)P(=O)(O)O. The standard InChI is InChI=1S/C4H11O5P/c1-4(8-2,9-3)10(5,6)7/h1-3H3,(H2,5,6,7). The molecule has 0 amide bonds. The van der Waals surface area contributed by atoms with Crippen LogP contribution in [0.5, 0.6) is 0 Å². The molecule has 0 saturated heterocycles. The molecule has 0 fully saturated rings. The van der Waals surface area contributed by atoms with E-state index in [0.717, 1.165) is 0 Å². The molecule has 0 spiro atoms. The summed E-state index contributed by atoms with van der Waals surface area (Å²) in [5, 5.41) is 0. The van der Waals surface area contributed by atoms with Crippen LogP contribution >= 0.6 is 7.60 Å². The molecular formula is C4H11O5P. The molecule has 0 aliphatic carbocycles. The van der Waals surface area contributed by atoms with Crippen LogP contribution in [0.15, 0.2) is 0 Å². The lowest BCUT2D eigenvalue weighted by atomic mass is 10.7. The second-order valence-electron chi connectivity index (χ2n) is 1.85. The van der Waals surface area contributed by atoms with Crippen LogP contribution in [0.3, 0.4) is 0 Å². The fourth-order valence-electron chi connectivity index (χ4n) is 0.321. The molecule has 0 aromatic heterocycles. The van der Waals surface area contributed by atoms with Gasteiger partial charge in [0.1, 0.15) is 0 Å². The van der Waals surface area contributed by atoms with E-state index in [2.05, 4.69) is 9.47 Å². The van der Waals surface area contributed by atoms with Crippen LogP contribution in [0.2, 0.25) is 0 Å². The maximum atomic E-state index is 10.6. The first-order valence-electron chi connectivity index (χ1n) is 2.53. The molecule has 0 bridgehead atoms. The second-order valence-corrected chi connectivity index (χ2v) is 3.75. The van der Waals surface area contributed by atoms with E-state index in [1.165, 1.54) is 21.1 Å². The molecule has 5 nitrogen and oxygen atoms in total. The Hall–Kier alpha value is 0.0700. The summed E-state index contributed by atoms with van der Waals surface area (Å²) < 4.78 is 19.5. The summed E-state index contributed by atoms with van der Waals surface area (Å²) in [5.41, 5.74) is -1.81. The minimum absolute atomic E-state index is 1.17. The molecular weight excluding hydrogens is 159 g/mol. The summed E-state index contributed by atoms with van der Waals surface area (Å²) in [6, 6.07) is 0. The zero-order valence-corrected chi connectivity index (χ0v) is 6.96. The zero-order valence-electron chi connectivity index (χ0n) is 6.07. The highest BCUT2D eigenvalue weighted by atomic mass is 31.2. The smallest absolute Gasteiger partial charge is 0.344 e. The van der Waals surface area contributed by atoms with Crippen molar-refractivity contribution >= 4 is 7.60 Å². The molecule has 0 aromatic carbocycles. The van der Waals surface area contributed by atoms with Crippen LogP contribution in [0.4, 0.5) is 0 Å². The maximum absolute atomic E-state index is 10.6. The number of ether oxygens (including phenoxy) is 2. The first-order valence-corrected chi connectivity index (χ1v) is 4.14. The summed E-state index contributed by atoms with van der Waals surface area (Å²) in [6.07, 6.45) is 0. The zero-order chi connectivity index (χ0) is 8.41. The highest BCUT2D eigenvalue weighted by Crippen LogP contribution is 2.50. The van der Waals surface area contributed by atoms with Gasteiger partial charge in [0.25, 0.3) is 5.53 Å². The Morgan fingerprint density at radius 1 is 1.30 bits per heavy atom. The highest BCUT2D eigenvalue weighted by Gasteiger charge is 2.43. The lowest BCUT2D eigenvalue weighted by Gasteiger charge is -2.26. The molecule has 10 heavy (non-hydrogen) atoms. The van der Waals surface area contributed by atoms with Gasteiger partial charge in [-0.25, -0.2) is 0 Å². The molecule has 6 heteroatoms. The minimum atomic E-state index is -4.33. The second kappa shape index (κ2) is 2.98. The Labute approximate surface area is 59.1 Å². The van der Waals surface area contributed by atoms with Crippen LogP contribution < -0.4 is 0 Å². The monoisotopic (exact) mass is 170 g/mol. The van der Waals surface area contributed by atoms with Crippen molar-refractivity contribution in [3.8, 4) is 0 Å². The molecule has 2 N–H and O–H groups in total. The fraction of sp³-hybridized carbons (Fsp3) is 1.00. The lowest BCUT2D eigenvalue weighted by Crippen LogP contribution is -2.29. The number of rotatable bonds is 3. The van der Waals surface area contributed by atoms with Gasteiger partial charge in [0.15, 0.2) is 0 Å². The lowest BCUT2D eigenvalue weighted by molar-refractivity contribution is -0.141. The Morgan fingerprint density at radius 3 is 1.60 bits per heavy atom. The van der Waals surface area contributed by atoms with E-state index >= 15 is 0 Å². The molecule has 0 heterocycles. The predicted octanol–water partition coefficient (Wildman–Crippen LogP) is 0.131. The number of hydrogen-bond acceptors (Lipinski definition) is 3. The summed E-state index contributed by atoms with van der Waals surface area (Å²) in [4.78, 5) is 17.2. The molecule has 0 rings (SSSR count). The normalized spacial score (nSPS) is 13.7. The average molecular weight is 170 g/mol. The van der Waals surface area contributed by atoms with E-state index in [9.17, 15) is 4.57 Å². The Bertz CT molecular complexity index is 146. The van der Waals surface area contributed by atoms with Gasteiger partial charge in [-0.05, 0) is 0 Å². The quantitative estimate of drug-likeness (QED) is 0.465. The van der Waals surface area contributed by atoms with Gasteiger partial charge >= 0.3 is 7.60 Å². The molecule has 0 aliphatic rings. The van der Waals surface area contributed by atoms with Crippen molar-refractivity contribution in [2.24, 2.45) is 0 Å². The molecule has 0 saturated carbocycles. The Balaban J connectivity index is 4.50. The van der Waals surface area contributed by atoms with Crippen LogP contribution in [0, 0.1) is 0 Å². The third kappa shape index (κ3) is 1.78. The third-order valence-corrected chi connectivity index (χ3v) is 2.71. The predicted molar refractivity (Wildman–Crippen MR) is 34.5 cm³/mol. The molecule has 62 valence electrons. The van der Waals surface area contributed by atoms with E-state index in [0.29, 0.717) is 0 Å². The first-order chi connectivity index (χ1) is 4.37. The van der Waals surface area contributed by atoms with E-state index in [1.807, 2.05) is 0 Å². The molecule has 0 aliphatic heterocycles. The van der Waals surface area contributed by atoms with Crippen LogP contribution in [-0.4, -0.2) is 29.5 Å². The minimum Gasteiger partial charge on any atom is -0.344 e. The van der Waals surface area contributed by atoms with Gasteiger partial charge in [-0.1, -0.05) is 0 Å².